The van der Waals surface area contributed by atoms with Crippen molar-refractivity contribution in [1.29, 1.82) is 0 Å². The first-order valence-electron chi connectivity index (χ1n) is 5.80. The molecule has 1 unspecified atom stereocenters. The molecule has 16 heavy (non-hydrogen) atoms. The van der Waals surface area contributed by atoms with Gasteiger partial charge in [-0.05, 0) is 13.5 Å². The Morgan fingerprint density at radius 3 is 3.31 bits per heavy atom. The minimum absolute atomic E-state index is 0.518. The highest BCUT2D eigenvalue weighted by Crippen LogP contribution is 2.23. The van der Waals surface area contributed by atoms with Crippen LogP contribution in [-0.4, -0.2) is 35.6 Å². The molecule has 0 aromatic carbocycles. The molecule has 1 saturated heterocycles. The zero-order valence-corrected chi connectivity index (χ0v) is 10.7. The second-order valence-electron chi connectivity index (χ2n) is 4.02. The lowest BCUT2D eigenvalue weighted by molar-refractivity contribution is 0.515. The molecule has 2 heterocycles. The normalized spacial score (nSPS) is 21.4. The fourth-order valence-corrected chi connectivity index (χ4v) is 2.79. The molecule has 0 amide bonds. The van der Waals surface area contributed by atoms with Crippen LogP contribution in [0.5, 0.6) is 0 Å². The standard InChI is InChI=1S/C11H19N3OS/c1-3-12-6-10-7-15-11(13-10)14-4-5-16-8-9(14)2/h7,9,12H,3-6,8H2,1-2H3. The van der Waals surface area contributed by atoms with Gasteiger partial charge in [-0.3, -0.25) is 0 Å². The summed E-state index contributed by atoms with van der Waals surface area (Å²) in [4.78, 5) is 6.77. The molecule has 0 saturated carbocycles. The molecule has 1 N–H and O–H groups in total. The van der Waals surface area contributed by atoms with Gasteiger partial charge in [0.1, 0.15) is 6.26 Å². The van der Waals surface area contributed by atoms with Crippen LogP contribution in [0.25, 0.3) is 0 Å². The molecule has 1 atom stereocenters. The predicted octanol–water partition coefficient (Wildman–Crippen LogP) is 1.73. The third-order valence-electron chi connectivity index (χ3n) is 2.71. The molecule has 90 valence electrons. The number of aromatic nitrogens is 1. The number of hydrogen-bond acceptors (Lipinski definition) is 5. The Morgan fingerprint density at radius 1 is 1.69 bits per heavy atom. The van der Waals surface area contributed by atoms with Crippen molar-refractivity contribution in [3.05, 3.63) is 12.0 Å². The zero-order valence-electron chi connectivity index (χ0n) is 9.90. The molecule has 1 aliphatic rings. The van der Waals surface area contributed by atoms with Gasteiger partial charge in [-0.2, -0.15) is 16.7 Å². The summed E-state index contributed by atoms with van der Waals surface area (Å²) in [6, 6.07) is 1.30. The fraction of sp³-hybridized carbons (Fsp3) is 0.727. The third kappa shape index (κ3) is 2.71. The first kappa shape index (κ1) is 11.8. The maximum absolute atomic E-state index is 5.54. The average Bonchev–Trinajstić information content (AvgIpc) is 2.75. The Morgan fingerprint density at radius 2 is 2.56 bits per heavy atom. The first-order valence-corrected chi connectivity index (χ1v) is 6.96. The lowest BCUT2D eigenvalue weighted by Gasteiger charge is -2.31. The number of oxazole rings is 1. The van der Waals surface area contributed by atoms with Crippen LogP contribution in [0.15, 0.2) is 10.7 Å². The third-order valence-corrected chi connectivity index (χ3v) is 3.90. The molecule has 0 spiro atoms. The average molecular weight is 241 g/mol. The van der Waals surface area contributed by atoms with Gasteiger partial charge >= 0.3 is 0 Å². The minimum Gasteiger partial charge on any atom is -0.432 e. The highest BCUT2D eigenvalue weighted by molar-refractivity contribution is 7.99. The van der Waals surface area contributed by atoms with E-state index in [1.807, 2.05) is 11.8 Å². The van der Waals surface area contributed by atoms with E-state index in [1.165, 1.54) is 0 Å². The highest BCUT2D eigenvalue weighted by atomic mass is 32.2. The van der Waals surface area contributed by atoms with Gasteiger partial charge < -0.3 is 14.6 Å². The molecule has 0 aliphatic carbocycles. The summed E-state index contributed by atoms with van der Waals surface area (Å²) in [5.74, 6) is 2.32. The molecule has 2 rings (SSSR count). The lowest BCUT2D eigenvalue weighted by Crippen LogP contribution is -2.40. The van der Waals surface area contributed by atoms with Crippen LogP contribution < -0.4 is 10.2 Å². The summed E-state index contributed by atoms with van der Waals surface area (Å²) in [5.41, 5.74) is 0.988. The van der Waals surface area contributed by atoms with Gasteiger partial charge in [0.15, 0.2) is 0 Å². The van der Waals surface area contributed by atoms with Crippen molar-refractivity contribution in [2.45, 2.75) is 26.4 Å². The predicted molar refractivity (Wildman–Crippen MR) is 68.0 cm³/mol. The van der Waals surface area contributed by atoms with Crippen LogP contribution in [0.3, 0.4) is 0 Å². The van der Waals surface area contributed by atoms with Crippen molar-refractivity contribution < 1.29 is 4.42 Å². The summed E-state index contributed by atoms with van der Waals surface area (Å²) in [6.07, 6.45) is 1.76. The van der Waals surface area contributed by atoms with Crippen molar-refractivity contribution in [3.63, 3.8) is 0 Å². The molecule has 1 aromatic heterocycles. The summed E-state index contributed by atoms with van der Waals surface area (Å²) in [7, 11) is 0. The van der Waals surface area contributed by atoms with Gasteiger partial charge in [0.05, 0.1) is 5.69 Å². The molecular formula is C11H19N3OS. The van der Waals surface area contributed by atoms with Gasteiger partial charge in [0.2, 0.25) is 0 Å². The van der Waals surface area contributed by atoms with Gasteiger partial charge in [0, 0.05) is 30.6 Å². The molecule has 0 bridgehead atoms. The van der Waals surface area contributed by atoms with Crippen LogP contribution in [0.4, 0.5) is 6.01 Å². The topological polar surface area (TPSA) is 41.3 Å². The van der Waals surface area contributed by atoms with Crippen LogP contribution >= 0.6 is 11.8 Å². The van der Waals surface area contributed by atoms with E-state index in [2.05, 4.69) is 29.0 Å². The summed E-state index contributed by atoms with van der Waals surface area (Å²) < 4.78 is 5.54. The molecule has 5 heteroatoms. The highest BCUT2D eigenvalue weighted by Gasteiger charge is 2.22. The lowest BCUT2D eigenvalue weighted by atomic mass is 10.3. The molecule has 0 radical (unpaired) electrons. The molecule has 1 aromatic rings. The number of nitrogens with one attached hydrogen (secondary N) is 1. The Balaban J connectivity index is 1.99. The number of thioether (sulfide) groups is 1. The monoisotopic (exact) mass is 241 g/mol. The van der Waals surface area contributed by atoms with E-state index in [9.17, 15) is 0 Å². The summed E-state index contributed by atoms with van der Waals surface area (Å²) in [5, 5.41) is 3.25. The number of nitrogens with zero attached hydrogens (tertiary/aromatic N) is 2. The Kier molecular flexibility index (Phi) is 4.12. The maximum Gasteiger partial charge on any atom is 0.297 e. The SMILES string of the molecule is CCNCc1coc(N2CCSCC2C)n1. The smallest absolute Gasteiger partial charge is 0.297 e. The number of hydrogen-bond donors (Lipinski definition) is 1. The number of rotatable bonds is 4. The van der Waals surface area contributed by atoms with E-state index in [1.54, 1.807) is 6.26 Å². The van der Waals surface area contributed by atoms with Gasteiger partial charge in [-0.1, -0.05) is 6.92 Å². The maximum atomic E-state index is 5.54. The van der Waals surface area contributed by atoms with E-state index in [0.717, 1.165) is 42.8 Å². The van der Waals surface area contributed by atoms with Crippen molar-refractivity contribution in [3.8, 4) is 0 Å². The van der Waals surface area contributed by atoms with Crippen LogP contribution in [0.2, 0.25) is 0 Å². The quantitative estimate of drug-likeness (QED) is 0.869. The van der Waals surface area contributed by atoms with Crippen LogP contribution in [0, 0.1) is 0 Å². The van der Waals surface area contributed by atoms with Crippen LogP contribution in [-0.2, 0) is 6.54 Å². The second kappa shape index (κ2) is 5.59. The van der Waals surface area contributed by atoms with Crippen molar-refractivity contribution in [2.75, 3.05) is 29.5 Å². The minimum atomic E-state index is 0.518. The molecule has 1 fully saturated rings. The molecule has 1 aliphatic heterocycles. The van der Waals surface area contributed by atoms with Crippen molar-refractivity contribution in [2.24, 2.45) is 0 Å². The van der Waals surface area contributed by atoms with E-state index >= 15 is 0 Å². The second-order valence-corrected chi connectivity index (χ2v) is 5.17. The Hall–Kier alpha value is -0.680. The largest absolute Gasteiger partial charge is 0.432 e. The van der Waals surface area contributed by atoms with Crippen molar-refractivity contribution >= 4 is 17.8 Å². The van der Waals surface area contributed by atoms with E-state index in [-0.39, 0.29) is 0 Å². The summed E-state index contributed by atoms with van der Waals surface area (Å²) >= 11 is 2.00. The zero-order chi connectivity index (χ0) is 11.4. The Labute approximate surface area is 101 Å². The van der Waals surface area contributed by atoms with E-state index < -0.39 is 0 Å². The molecular weight excluding hydrogens is 222 g/mol. The Bertz CT molecular complexity index is 329. The van der Waals surface area contributed by atoms with Crippen molar-refractivity contribution in [1.82, 2.24) is 10.3 Å². The first-order chi connectivity index (χ1) is 7.81. The fourth-order valence-electron chi connectivity index (χ4n) is 1.77. The van der Waals surface area contributed by atoms with Gasteiger partial charge in [0.25, 0.3) is 6.01 Å². The molecule has 4 nitrogen and oxygen atoms in total. The van der Waals surface area contributed by atoms with Gasteiger partial charge in [-0.25, -0.2) is 0 Å². The van der Waals surface area contributed by atoms with Gasteiger partial charge in [-0.15, -0.1) is 0 Å². The van der Waals surface area contributed by atoms with E-state index in [0.29, 0.717) is 6.04 Å². The van der Waals surface area contributed by atoms with Crippen LogP contribution in [0.1, 0.15) is 19.5 Å². The number of anilines is 1. The van der Waals surface area contributed by atoms with E-state index in [4.69, 9.17) is 4.42 Å². The summed E-state index contributed by atoms with van der Waals surface area (Å²) in [6.45, 7) is 7.09.